The van der Waals surface area contributed by atoms with Gasteiger partial charge in [0.15, 0.2) is 10.8 Å². The number of halogens is 4. The Morgan fingerprint density at radius 3 is 2.62 bits per heavy atom. The number of rotatable bonds is 6. The van der Waals surface area contributed by atoms with Crippen molar-refractivity contribution in [3.63, 3.8) is 0 Å². The summed E-state index contributed by atoms with van der Waals surface area (Å²) in [5, 5.41) is 9.81. The Kier molecular flexibility index (Phi) is 6.23. The number of methoxy groups -OCH3 is 1. The average Bonchev–Trinajstić information content (AvgIpc) is 3.09. The van der Waals surface area contributed by atoms with Gasteiger partial charge in [0.25, 0.3) is 0 Å². The smallest absolute Gasteiger partial charge is 0.417 e. The third kappa shape index (κ3) is 4.94. The maximum absolute atomic E-state index is 13.0. The molecule has 1 amide bonds. The molecule has 0 spiro atoms. The van der Waals surface area contributed by atoms with E-state index >= 15 is 0 Å². The van der Waals surface area contributed by atoms with Gasteiger partial charge in [-0.05, 0) is 30.7 Å². The van der Waals surface area contributed by atoms with Crippen molar-refractivity contribution in [2.75, 3.05) is 7.11 Å². The zero-order valence-electron chi connectivity index (χ0n) is 15.3. The molecule has 0 radical (unpaired) electrons. The summed E-state index contributed by atoms with van der Waals surface area (Å²) in [7, 11) is 1.56. The number of amides is 1. The molecule has 0 unspecified atom stereocenters. The van der Waals surface area contributed by atoms with Crippen LogP contribution in [0.15, 0.2) is 41.7 Å². The van der Waals surface area contributed by atoms with E-state index in [0.717, 1.165) is 34.0 Å². The van der Waals surface area contributed by atoms with Crippen molar-refractivity contribution in [1.29, 1.82) is 0 Å². The van der Waals surface area contributed by atoms with Crippen molar-refractivity contribution in [2.45, 2.75) is 30.1 Å². The molecule has 0 fully saturated rings. The van der Waals surface area contributed by atoms with Crippen LogP contribution in [0.1, 0.15) is 18.1 Å². The highest BCUT2D eigenvalue weighted by atomic mass is 35.5. The first-order valence-electron chi connectivity index (χ1n) is 8.38. The number of pyridine rings is 1. The van der Waals surface area contributed by atoms with Gasteiger partial charge >= 0.3 is 6.18 Å². The fourth-order valence-electron chi connectivity index (χ4n) is 2.46. The van der Waals surface area contributed by atoms with Gasteiger partial charge in [0, 0.05) is 12.7 Å². The van der Waals surface area contributed by atoms with Crippen molar-refractivity contribution in [3.05, 3.63) is 52.7 Å². The maximum atomic E-state index is 13.0. The summed E-state index contributed by atoms with van der Waals surface area (Å²) in [4.78, 5) is 12.4. The second kappa shape index (κ2) is 8.50. The number of nitrogens with one attached hydrogen (secondary N) is 1. The summed E-state index contributed by atoms with van der Waals surface area (Å²) in [6, 6.07) is 8.01. The highest BCUT2D eigenvalue weighted by Crippen LogP contribution is 2.33. The number of thioether (sulfide) groups is 1. The lowest BCUT2D eigenvalue weighted by Gasteiger charge is -2.12. The van der Waals surface area contributed by atoms with E-state index in [1.165, 1.54) is 0 Å². The van der Waals surface area contributed by atoms with Crippen LogP contribution in [0.2, 0.25) is 5.02 Å². The zero-order chi connectivity index (χ0) is 21.2. The van der Waals surface area contributed by atoms with Crippen LogP contribution in [-0.4, -0.2) is 32.9 Å². The number of alkyl halides is 3. The standard InChI is InChI=1S/C18H16ClF3N4O2S/c1-10(16(27)23-8-11-3-5-13(28-2)6-4-11)29-17-25-24-15-14(19)7-12(9-26(15)17)18(20,21)22/h3-7,9-10H,8H2,1-2H3,(H,23,27)/t10-/m1/s1. The SMILES string of the molecule is COc1ccc(CNC(=O)[C@@H](C)Sc2nnc3c(Cl)cc(C(F)(F)F)cn23)cc1. The van der Waals surface area contributed by atoms with Gasteiger partial charge in [0.05, 0.1) is 22.9 Å². The molecule has 3 aromatic rings. The predicted octanol–water partition coefficient (Wildman–Crippen LogP) is 4.21. The summed E-state index contributed by atoms with van der Waals surface area (Å²) < 4.78 is 45.3. The molecule has 1 N–H and O–H groups in total. The highest BCUT2D eigenvalue weighted by Gasteiger charge is 2.32. The van der Waals surface area contributed by atoms with Gasteiger partial charge in [-0.2, -0.15) is 13.2 Å². The van der Waals surface area contributed by atoms with Crippen LogP contribution in [-0.2, 0) is 17.5 Å². The quantitative estimate of drug-likeness (QED) is 0.577. The third-order valence-corrected chi connectivity index (χ3v) is 5.37. The second-order valence-electron chi connectivity index (χ2n) is 6.08. The Hall–Kier alpha value is -2.46. The first-order valence-corrected chi connectivity index (χ1v) is 9.63. The number of hydrogen-bond donors (Lipinski definition) is 1. The van der Waals surface area contributed by atoms with Crippen molar-refractivity contribution in [1.82, 2.24) is 19.9 Å². The Balaban J connectivity index is 1.70. The second-order valence-corrected chi connectivity index (χ2v) is 7.79. The third-order valence-electron chi connectivity index (χ3n) is 4.03. The number of carbonyl (C=O) groups excluding carboxylic acids is 1. The summed E-state index contributed by atoms with van der Waals surface area (Å²) in [5.41, 5.74) is 0.0483. The minimum Gasteiger partial charge on any atom is -0.497 e. The van der Waals surface area contributed by atoms with Crippen LogP contribution in [0.25, 0.3) is 5.65 Å². The molecule has 0 saturated carbocycles. The number of ether oxygens (including phenoxy) is 1. The zero-order valence-corrected chi connectivity index (χ0v) is 16.9. The summed E-state index contributed by atoms with van der Waals surface area (Å²) in [5.74, 6) is 0.417. The molecule has 0 aliphatic rings. The number of benzene rings is 1. The van der Waals surface area contributed by atoms with Gasteiger partial charge in [-0.15, -0.1) is 10.2 Å². The van der Waals surface area contributed by atoms with Gasteiger partial charge in [-0.25, -0.2) is 0 Å². The van der Waals surface area contributed by atoms with E-state index < -0.39 is 17.0 Å². The number of aromatic nitrogens is 3. The van der Waals surface area contributed by atoms with Gasteiger partial charge in [-0.1, -0.05) is 35.5 Å². The van der Waals surface area contributed by atoms with Gasteiger partial charge < -0.3 is 10.1 Å². The molecule has 11 heteroatoms. The molecule has 2 heterocycles. The Morgan fingerprint density at radius 2 is 2.00 bits per heavy atom. The van der Waals surface area contributed by atoms with Crippen molar-refractivity contribution >= 4 is 34.9 Å². The monoisotopic (exact) mass is 444 g/mol. The fourth-order valence-corrected chi connectivity index (χ4v) is 3.55. The van der Waals surface area contributed by atoms with Gasteiger partial charge in [0.1, 0.15) is 5.75 Å². The minimum absolute atomic E-state index is 0.0907. The van der Waals surface area contributed by atoms with Crippen molar-refractivity contribution in [3.8, 4) is 5.75 Å². The van der Waals surface area contributed by atoms with E-state index in [1.54, 1.807) is 26.2 Å². The molecule has 29 heavy (non-hydrogen) atoms. The molecular formula is C18H16ClF3N4O2S. The molecule has 1 atom stereocenters. The average molecular weight is 445 g/mol. The maximum Gasteiger partial charge on any atom is 0.417 e. The van der Waals surface area contributed by atoms with Crippen LogP contribution >= 0.6 is 23.4 Å². The molecule has 0 aliphatic carbocycles. The lowest BCUT2D eigenvalue weighted by Crippen LogP contribution is -2.30. The molecule has 0 aliphatic heterocycles. The van der Waals surface area contributed by atoms with E-state index in [-0.39, 0.29) is 21.7 Å². The van der Waals surface area contributed by atoms with Crippen LogP contribution in [0.3, 0.4) is 0 Å². The molecule has 0 saturated heterocycles. The van der Waals surface area contributed by atoms with Crippen molar-refractivity contribution in [2.24, 2.45) is 0 Å². The predicted molar refractivity (Wildman–Crippen MR) is 103 cm³/mol. The van der Waals surface area contributed by atoms with Gasteiger partial charge in [0.2, 0.25) is 5.91 Å². The summed E-state index contributed by atoms with van der Waals surface area (Å²) in [6.45, 7) is 1.93. The molecule has 154 valence electrons. The Morgan fingerprint density at radius 1 is 1.31 bits per heavy atom. The van der Waals surface area contributed by atoms with E-state index in [4.69, 9.17) is 16.3 Å². The first-order chi connectivity index (χ1) is 13.7. The largest absolute Gasteiger partial charge is 0.497 e. The molecule has 3 rings (SSSR count). The van der Waals surface area contributed by atoms with Crippen LogP contribution in [0, 0.1) is 0 Å². The van der Waals surface area contributed by atoms with Crippen molar-refractivity contribution < 1.29 is 22.7 Å². The lowest BCUT2D eigenvalue weighted by atomic mass is 10.2. The number of nitrogens with zero attached hydrogens (tertiary/aromatic N) is 3. The molecule has 6 nitrogen and oxygen atoms in total. The van der Waals surface area contributed by atoms with E-state index in [9.17, 15) is 18.0 Å². The number of fused-ring (bicyclic) bond motifs is 1. The first kappa shape index (κ1) is 21.3. The van der Waals surface area contributed by atoms with E-state index in [0.29, 0.717) is 12.3 Å². The fraction of sp³-hybridized carbons (Fsp3) is 0.278. The lowest BCUT2D eigenvalue weighted by molar-refractivity contribution is -0.137. The highest BCUT2D eigenvalue weighted by molar-refractivity contribution is 8.00. The van der Waals surface area contributed by atoms with Crippen LogP contribution in [0.5, 0.6) is 5.75 Å². The van der Waals surface area contributed by atoms with Crippen LogP contribution < -0.4 is 10.1 Å². The Labute approximate surface area is 173 Å². The van der Waals surface area contributed by atoms with Crippen LogP contribution in [0.4, 0.5) is 13.2 Å². The molecular weight excluding hydrogens is 429 g/mol. The van der Waals surface area contributed by atoms with Gasteiger partial charge in [-0.3, -0.25) is 9.20 Å². The normalized spacial score (nSPS) is 12.8. The van der Waals surface area contributed by atoms with E-state index in [1.807, 2.05) is 12.1 Å². The number of hydrogen-bond acceptors (Lipinski definition) is 5. The summed E-state index contributed by atoms with van der Waals surface area (Å²) >= 11 is 6.89. The van der Waals surface area contributed by atoms with E-state index in [2.05, 4.69) is 15.5 Å². The summed E-state index contributed by atoms with van der Waals surface area (Å²) in [6.07, 6.45) is -3.70. The molecule has 1 aromatic carbocycles. The minimum atomic E-state index is -4.56. The number of carbonyl (C=O) groups is 1. The topological polar surface area (TPSA) is 68.5 Å². The molecule has 2 aromatic heterocycles. The Bertz CT molecular complexity index is 1020. The molecule has 0 bridgehead atoms.